The first-order chi connectivity index (χ1) is 9.66. The number of aryl methyl sites for hydroxylation is 1. The summed E-state index contributed by atoms with van der Waals surface area (Å²) in [5, 5.41) is 2.89. The number of nitrogens with one attached hydrogen (secondary N) is 1. The van der Waals surface area contributed by atoms with Crippen LogP contribution in [0.4, 0.5) is 0 Å². The van der Waals surface area contributed by atoms with Gasteiger partial charge in [-0.05, 0) is 56.9 Å². The molecular weight excluding hydrogens is 252 g/mol. The molecule has 0 saturated heterocycles. The van der Waals surface area contributed by atoms with Gasteiger partial charge in [-0.3, -0.25) is 4.79 Å². The molecule has 2 heterocycles. The van der Waals surface area contributed by atoms with E-state index in [0.29, 0.717) is 18.3 Å². The standard InChI is InChI=1S/C16H20N2O2/c1-11-10-13(12(2)18(11)14-5-6-14)7-8-17-16(19)15-4-3-9-20-15/h3-4,9-10,14H,5-8H2,1-2H3,(H,17,19). The van der Waals surface area contributed by atoms with E-state index in [1.165, 1.54) is 36.1 Å². The normalized spacial score (nSPS) is 14.5. The lowest BCUT2D eigenvalue weighted by Gasteiger charge is -2.08. The van der Waals surface area contributed by atoms with Crippen LogP contribution in [0.15, 0.2) is 28.9 Å². The Bertz CT molecular complexity index is 607. The molecule has 2 aromatic heterocycles. The second-order valence-electron chi connectivity index (χ2n) is 5.48. The first kappa shape index (κ1) is 13.0. The van der Waals surface area contributed by atoms with E-state index in [9.17, 15) is 4.79 Å². The molecule has 1 saturated carbocycles. The first-order valence-corrected chi connectivity index (χ1v) is 7.16. The highest BCUT2D eigenvalue weighted by molar-refractivity contribution is 5.91. The molecule has 1 fully saturated rings. The molecule has 0 aromatic carbocycles. The summed E-state index contributed by atoms with van der Waals surface area (Å²) in [7, 11) is 0. The van der Waals surface area contributed by atoms with Crippen molar-refractivity contribution in [1.82, 2.24) is 9.88 Å². The number of rotatable bonds is 5. The molecule has 0 radical (unpaired) electrons. The van der Waals surface area contributed by atoms with Crippen molar-refractivity contribution in [2.45, 2.75) is 39.2 Å². The van der Waals surface area contributed by atoms with E-state index in [4.69, 9.17) is 4.42 Å². The summed E-state index contributed by atoms with van der Waals surface area (Å²) in [5.41, 5.74) is 4.00. The predicted molar refractivity (Wildman–Crippen MR) is 76.9 cm³/mol. The Morgan fingerprint density at radius 2 is 2.25 bits per heavy atom. The maximum atomic E-state index is 11.8. The molecule has 0 unspecified atom stereocenters. The monoisotopic (exact) mass is 272 g/mol. The number of carbonyl (C=O) groups is 1. The molecule has 1 aliphatic rings. The molecule has 1 N–H and O–H groups in total. The topological polar surface area (TPSA) is 47.2 Å². The lowest BCUT2D eigenvalue weighted by Crippen LogP contribution is -2.25. The predicted octanol–water partition coefficient (Wildman–Crippen LogP) is 3.01. The van der Waals surface area contributed by atoms with Crippen molar-refractivity contribution >= 4 is 5.91 Å². The third-order valence-electron chi connectivity index (χ3n) is 3.93. The van der Waals surface area contributed by atoms with Gasteiger partial charge in [0.2, 0.25) is 0 Å². The number of furan rings is 1. The van der Waals surface area contributed by atoms with Crippen LogP contribution in [0.1, 0.15) is 46.4 Å². The Hall–Kier alpha value is -1.97. The van der Waals surface area contributed by atoms with Gasteiger partial charge in [-0.2, -0.15) is 0 Å². The van der Waals surface area contributed by atoms with E-state index in [1.54, 1.807) is 12.1 Å². The van der Waals surface area contributed by atoms with Gasteiger partial charge in [0.1, 0.15) is 0 Å². The number of amides is 1. The summed E-state index contributed by atoms with van der Waals surface area (Å²) in [4.78, 5) is 11.8. The fourth-order valence-corrected chi connectivity index (χ4v) is 2.80. The molecule has 0 spiro atoms. The zero-order valence-electron chi connectivity index (χ0n) is 12.0. The number of aromatic nitrogens is 1. The van der Waals surface area contributed by atoms with Gasteiger partial charge in [-0.15, -0.1) is 0 Å². The highest BCUT2D eigenvalue weighted by Crippen LogP contribution is 2.38. The van der Waals surface area contributed by atoms with E-state index in [0.717, 1.165) is 6.42 Å². The van der Waals surface area contributed by atoms with Crippen molar-refractivity contribution in [3.05, 3.63) is 47.2 Å². The summed E-state index contributed by atoms with van der Waals surface area (Å²) in [6, 6.07) is 6.35. The van der Waals surface area contributed by atoms with Gasteiger partial charge < -0.3 is 14.3 Å². The number of carbonyl (C=O) groups excluding carboxylic acids is 1. The zero-order chi connectivity index (χ0) is 14.1. The number of hydrogen-bond donors (Lipinski definition) is 1. The van der Waals surface area contributed by atoms with Crippen LogP contribution in [0.25, 0.3) is 0 Å². The van der Waals surface area contributed by atoms with Crippen molar-refractivity contribution in [2.75, 3.05) is 6.54 Å². The second-order valence-corrected chi connectivity index (χ2v) is 5.48. The summed E-state index contributed by atoms with van der Waals surface area (Å²) in [6.07, 6.45) is 4.97. The highest BCUT2D eigenvalue weighted by atomic mass is 16.3. The summed E-state index contributed by atoms with van der Waals surface area (Å²) >= 11 is 0. The minimum atomic E-state index is -0.147. The Kier molecular flexibility index (Phi) is 3.38. The molecule has 3 rings (SSSR count). The van der Waals surface area contributed by atoms with E-state index >= 15 is 0 Å². The van der Waals surface area contributed by atoms with E-state index in [-0.39, 0.29) is 5.91 Å². The minimum Gasteiger partial charge on any atom is -0.459 e. The zero-order valence-corrected chi connectivity index (χ0v) is 12.0. The molecular formula is C16H20N2O2. The average molecular weight is 272 g/mol. The Balaban J connectivity index is 1.59. The molecule has 0 bridgehead atoms. The molecule has 106 valence electrons. The smallest absolute Gasteiger partial charge is 0.286 e. The number of nitrogens with zero attached hydrogens (tertiary/aromatic N) is 1. The van der Waals surface area contributed by atoms with Crippen molar-refractivity contribution in [3.8, 4) is 0 Å². The van der Waals surface area contributed by atoms with Crippen LogP contribution in [0.5, 0.6) is 0 Å². The van der Waals surface area contributed by atoms with Crippen LogP contribution >= 0.6 is 0 Å². The van der Waals surface area contributed by atoms with Crippen LogP contribution in [0.2, 0.25) is 0 Å². The third kappa shape index (κ3) is 2.50. The first-order valence-electron chi connectivity index (χ1n) is 7.16. The third-order valence-corrected chi connectivity index (χ3v) is 3.93. The van der Waals surface area contributed by atoms with Gasteiger partial charge in [0.25, 0.3) is 5.91 Å². The lowest BCUT2D eigenvalue weighted by molar-refractivity contribution is 0.0926. The van der Waals surface area contributed by atoms with Crippen molar-refractivity contribution in [1.29, 1.82) is 0 Å². The van der Waals surface area contributed by atoms with Crippen LogP contribution in [-0.4, -0.2) is 17.0 Å². The molecule has 1 amide bonds. The lowest BCUT2D eigenvalue weighted by atomic mass is 10.2. The maximum Gasteiger partial charge on any atom is 0.286 e. The largest absolute Gasteiger partial charge is 0.459 e. The van der Waals surface area contributed by atoms with E-state index < -0.39 is 0 Å². The summed E-state index contributed by atoms with van der Waals surface area (Å²) in [5.74, 6) is 0.222. The van der Waals surface area contributed by atoms with Gasteiger partial charge in [0, 0.05) is 24.0 Å². The molecule has 4 nitrogen and oxygen atoms in total. The van der Waals surface area contributed by atoms with E-state index in [2.05, 4.69) is 29.8 Å². The van der Waals surface area contributed by atoms with Gasteiger partial charge in [-0.1, -0.05) is 0 Å². The SMILES string of the molecule is Cc1cc(CCNC(=O)c2ccco2)c(C)n1C1CC1. The Labute approximate surface area is 118 Å². The minimum absolute atomic E-state index is 0.147. The molecule has 4 heteroatoms. The van der Waals surface area contributed by atoms with Crippen LogP contribution < -0.4 is 5.32 Å². The highest BCUT2D eigenvalue weighted by Gasteiger charge is 2.26. The van der Waals surface area contributed by atoms with Crippen LogP contribution in [0.3, 0.4) is 0 Å². The van der Waals surface area contributed by atoms with Crippen LogP contribution in [0, 0.1) is 13.8 Å². The summed E-state index contributed by atoms with van der Waals surface area (Å²) < 4.78 is 7.50. The fraction of sp³-hybridized carbons (Fsp3) is 0.438. The van der Waals surface area contributed by atoms with Gasteiger partial charge >= 0.3 is 0 Å². The quantitative estimate of drug-likeness (QED) is 0.909. The van der Waals surface area contributed by atoms with Crippen molar-refractivity contribution in [3.63, 3.8) is 0 Å². The van der Waals surface area contributed by atoms with Crippen molar-refractivity contribution in [2.24, 2.45) is 0 Å². The van der Waals surface area contributed by atoms with Gasteiger partial charge in [-0.25, -0.2) is 0 Å². The Morgan fingerprint density at radius 1 is 1.45 bits per heavy atom. The Morgan fingerprint density at radius 3 is 2.90 bits per heavy atom. The molecule has 20 heavy (non-hydrogen) atoms. The maximum absolute atomic E-state index is 11.8. The summed E-state index contributed by atoms with van der Waals surface area (Å²) in [6.45, 7) is 4.97. The molecule has 0 atom stereocenters. The average Bonchev–Trinajstić information content (AvgIpc) is 3.01. The van der Waals surface area contributed by atoms with Crippen molar-refractivity contribution < 1.29 is 9.21 Å². The van der Waals surface area contributed by atoms with E-state index in [1.807, 2.05) is 0 Å². The molecule has 0 aliphatic heterocycles. The number of hydrogen-bond acceptors (Lipinski definition) is 2. The van der Waals surface area contributed by atoms with Gasteiger partial charge in [0.15, 0.2) is 5.76 Å². The molecule has 2 aromatic rings. The van der Waals surface area contributed by atoms with Crippen LogP contribution in [-0.2, 0) is 6.42 Å². The fourth-order valence-electron chi connectivity index (χ4n) is 2.80. The van der Waals surface area contributed by atoms with Gasteiger partial charge in [0.05, 0.1) is 6.26 Å². The molecule has 1 aliphatic carbocycles. The second kappa shape index (κ2) is 5.19.